The van der Waals surface area contributed by atoms with E-state index in [1.807, 2.05) is 0 Å². The molecule has 0 radical (unpaired) electrons. The molecule has 3 rings (SSSR count). The lowest BCUT2D eigenvalue weighted by Crippen LogP contribution is -2.49. The molecular formula is C16H30N2O. The van der Waals surface area contributed by atoms with Gasteiger partial charge in [-0.05, 0) is 45.4 Å². The molecule has 1 saturated carbocycles. The quantitative estimate of drug-likeness (QED) is 0.762. The van der Waals surface area contributed by atoms with Gasteiger partial charge in [-0.2, -0.15) is 0 Å². The van der Waals surface area contributed by atoms with E-state index in [4.69, 9.17) is 4.74 Å². The second-order valence-electron chi connectivity index (χ2n) is 8.06. The van der Waals surface area contributed by atoms with Crippen LogP contribution in [0.3, 0.4) is 0 Å². The number of hydrogen-bond acceptors (Lipinski definition) is 3. The molecule has 1 unspecified atom stereocenters. The van der Waals surface area contributed by atoms with E-state index >= 15 is 0 Å². The average molecular weight is 266 g/mol. The predicted molar refractivity (Wildman–Crippen MR) is 78.3 cm³/mol. The van der Waals surface area contributed by atoms with Crippen LogP contribution in [0, 0.1) is 11.3 Å². The number of morpholine rings is 1. The average Bonchev–Trinajstić information content (AvgIpc) is 2.92. The summed E-state index contributed by atoms with van der Waals surface area (Å²) in [4.78, 5) is 5.41. The monoisotopic (exact) mass is 266 g/mol. The second-order valence-corrected chi connectivity index (χ2v) is 8.06. The maximum atomic E-state index is 5.48. The van der Waals surface area contributed by atoms with Gasteiger partial charge in [-0.3, -0.25) is 9.80 Å². The smallest absolute Gasteiger partial charge is 0.0594 e. The van der Waals surface area contributed by atoms with Crippen LogP contribution in [0.1, 0.15) is 41.0 Å². The Morgan fingerprint density at radius 2 is 1.84 bits per heavy atom. The lowest BCUT2D eigenvalue weighted by Gasteiger charge is -2.41. The molecule has 4 atom stereocenters. The fraction of sp³-hybridized carbons (Fsp3) is 1.00. The Bertz CT molecular complexity index is 345. The number of nitrogens with zero attached hydrogens (tertiary/aromatic N) is 2. The summed E-state index contributed by atoms with van der Waals surface area (Å²) in [6.07, 6.45) is 1.41. The number of rotatable bonds is 2. The van der Waals surface area contributed by atoms with Crippen molar-refractivity contribution in [3.63, 3.8) is 0 Å². The van der Waals surface area contributed by atoms with Gasteiger partial charge < -0.3 is 4.74 Å². The van der Waals surface area contributed by atoms with Crippen LogP contribution in [0.25, 0.3) is 0 Å². The predicted octanol–water partition coefficient (Wildman–Crippen LogP) is 2.22. The van der Waals surface area contributed by atoms with Crippen molar-refractivity contribution >= 4 is 0 Å². The summed E-state index contributed by atoms with van der Waals surface area (Å²) in [5.41, 5.74) is 0.882. The van der Waals surface area contributed by atoms with E-state index in [0.717, 1.165) is 38.3 Å². The van der Waals surface area contributed by atoms with Crippen LogP contribution in [0.5, 0.6) is 0 Å². The highest BCUT2D eigenvalue weighted by atomic mass is 16.5. The van der Waals surface area contributed by atoms with Gasteiger partial charge in [0, 0.05) is 37.3 Å². The van der Waals surface area contributed by atoms with Gasteiger partial charge in [-0.15, -0.1) is 0 Å². The van der Waals surface area contributed by atoms with Crippen LogP contribution in [0.2, 0.25) is 0 Å². The molecule has 2 aliphatic heterocycles. The van der Waals surface area contributed by atoms with Gasteiger partial charge in [0.15, 0.2) is 0 Å². The molecule has 3 nitrogen and oxygen atoms in total. The number of piperidine rings is 1. The summed E-state index contributed by atoms with van der Waals surface area (Å²) in [6.45, 7) is 17.5. The van der Waals surface area contributed by atoms with Crippen LogP contribution in [-0.2, 0) is 4.74 Å². The molecule has 19 heavy (non-hydrogen) atoms. The van der Waals surface area contributed by atoms with E-state index in [2.05, 4.69) is 44.4 Å². The van der Waals surface area contributed by atoms with Crippen molar-refractivity contribution in [1.82, 2.24) is 9.80 Å². The fourth-order valence-corrected chi connectivity index (χ4v) is 4.70. The first-order valence-electron chi connectivity index (χ1n) is 7.92. The molecule has 3 aliphatic rings. The Labute approximate surface area is 118 Å². The van der Waals surface area contributed by atoms with Crippen LogP contribution < -0.4 is 0 Å². The van der Waals surface area contributed by atoms with Crippen molar-refractivity contribution in [2.75, 3.05) is 32.8 Å². The van der Waals surface area contributed by atoms with E-state index in [9.17, 15) is 0 Å². The Kier molecular flexibility index (Phi) is 3.23. The van der Waals surface area contributed by atoms with E-state index in [1.165, 1.54) is 13.0 Å². The van der Waals surface area contributed by atoms with Gasteiger partial charge in [0.25, 0.3) is 0 Å². The molecule has 2 saturated heterocycles. The number of fused-ring (bicyclic) bond motifs is 1. The molecule has 0 amide bonds. The third kappa shape index (κ3) is 2.24. The van der Waals surface area contributed by atoms with E-state index in [1.54, 1.807) is 0 Å². The molecule has 0 aromatic carbocycles. The SMILES string of the molecule is C[C@@H]1C(CN2CCOCC2)[C@@]2(C)C[C@H]2N1C(C)(C)C. The molecule has 0 aromatic heterocycles. The lowest BCUT2D eigenvalue weighted by atomic mass is 9.86. The summed E-state index contributed by atoms with van der Waals surface area (Å²) < 4.78 is 5.48. The number of hydrogen-bond donors (Lipinski definition) is 0. The van der Waals surface area contributed by atoms with Crippen molar-refractivity contribution < 1.29 is 4.74 Å². The highest BCUT2D eigenvalue weighted by Gasteiger charge is 2.67. The van der Waals surface area contributed by atoms with Crippen molar-refractivity contribution in [2.45, 2.75) is 58.7 Å². The molecule has 3 fully saturated rings. The number of ether oxygens (including phenoxy) is 1. The molecule has 0 aromatic rings. The highest BCUT2D eigenvalue weighted by Crippen LogP contribution is 2.64. The Balaban J connectivity index is 1.71. The van der Waals surface area contributed by atoms with Gasteiger partial charge >= 0.3 is 0 Å². The molecule has 3 heteroatoms. The van der Waals surface area contributed by atoms with Crippen LogP contribution in [-0.4, -0.2) is 60.3 Å². The van der Waals surface area contributed by atoms with E-state index < -0.39 is 0 Å². The highest BCUT2D eigenvalue weighted by molar-refractivity contribution is 5.20. The van der Waals surface area contributed by atoms with Crippen molar-refractivity contribution in [3.8, 4) is 0 Å². The minimum Gasteiger partial charge on any atom is -0.379 e. The van der Waals surface area contributed by atoms with Gasteiger partial charge in [-0.25, -0.2) is 0 Å². The minimum atomic E-state index is 0.307. The molecule has 0 N–H and O–H groups in total. The molecular weight excluding hydrogens is 236 g/mol. The third-order valence-corrected chi connectivity index (χ3v) is 5.77. The summed E-state index contributed by atoms with van der Waals surface area (Å²) in [6, 6.07) is 1.54. The zero-order valence-corrected chi connectivity index (χ0v) is 13.3. The zero-order chi connectivity index (χ0) is 13.8. The first-order chi connectivity index (χ1) is 8.84. The summed E-state index contributed by atoms with van der Waals surface area (Å²) in [5, 5.41) is 0. The van der Waals surface area contributed by atoms with Crippen LogP contribution in [0.4, 0.5) is 0 Å². The topological polar surface area (TPSA) is 15.7 Å². The lowest BCUT2D eigenvalue weighted by molar-refractivity contribution is 0.0163. The molecule has 0 spiro atoms. The Morgan fingerprint density at radius 3 is 2.37 bits per heavy atom. The summed E-state index contributed by atoms with van der Waals surface area (Å²) in [5.74, 6) is 0.829. The molecule has 110 valence electrons. The van der Waals surface area contributed by atoms with Crippen LogP contribution >= 0.6 is 0 Å². The Hall–Kier alpha value is -0.120. The molecule has 1 aliphatic carbocycles. The van der Waals surface area contributed by atoms with E-state index in [0.29, 0.717) is 17.0 Å². The molecule has 0 bridgehead atoms. The normalized spacial score (nSPS) is 44.4. The zero-order valence-electron chi connectivity index (χ0n) is 13.3. The maximum absolute atomic E-state index is 5.48. The standard InChI is InChI=1S/C16H30N2O/c1-12-13(11-17-6-8-19-9-7-17)16(5)10-14(16)18(12)15(2,3)4/h12-14H,6-11H2,1-5H3/t12-,13?,14-,16-/m1/s1. The van der Waals surface area contributed by atoms with Crippen molar-refractivity contribution in [1.29, 1.82) is 0 Å². The van der Waals surface area contributed by atoms with Gasteiger partial charge in [0.2, 0.25) is 0 Å². The summed E-state index contributed by atoms with van der Waals surface area (Å²) >= 11 is 0. The second kappa shape index (κ2) is 4.44. The Morgan fingerprint density at radius 1 is 1.21 bits per heavy atom. The number of likely N-dealkylation sites (tertiary alicyclic amines) is 1. The fourth-order valence-electron chi connectivity index (χ4n) is 4.70. The maximum Gasteiger partial charge on any atom is 0.0594 e. The third-order valence-electron chi connectivity index (χ3n) is 5.77. The van der Waals surface area contributed by atoms with Gasteiger partial charge in [0.05, 0.1) is 13.2 Å². The first kappa shape index (κ1) is 13.8. The van der Waals surface area contributed by atoms with Crippen molar-refractivity contribution in [3.05, 3.63) is 0 Å². The van der Waals surface area contributed by atoms with Crippen LogP contribution in [0.15, 0.2) is 0 Å². The van der Waals surface area contributed by atoms with E-state index in [-0.39, 0.29) is 0 Å². The van der Waals surface area contributed by atoms with Gasteiger partial charge in [0.1, 0.15) is 0 Å². The molecule has 2 heterocycles. The largest absolute Gasteiger partial charge is 0.379 e. The summed E-state index contributed by atoms with van der Waals surface area (Å²) in [7, 11) is 0. The first-order valence-corrected chi connectivity index (χ1v) is 7.92. The van der Waals surface area contributed by atoms with Gasteiger partial charge in [-0.1, -0.05) is 6.92 Å². The minimum absolute atomic E-state index is 0.307. The van der Waals surface area contributed by atoms with Crippen molar-refractivity contribution in [2.24, 2.45) is 11.3 Å².